The highest BCUT2D eigenvalue weighted by atomic mass is 35.5. The van der Waals surface area contributed by atoms with Crippen molar-refractivity contribution in [3.63, 3.8) is 0 Å². The van der Waals surface area contributed by atoms with Crippen molar-refractivity contribution < 1.29 is 0 Å². The van der Waals surface area contributed by atoms with Gasteiger partial charge in [-0.1, -0.05) is 0 Å². The molecule has 2 aromatic heterocycles. The van der Waals surface area contributed by atoms with E-state index in [0.29, 0.717) is 5.41 Å². The predicted octanol–water partition coefficient (Wildman–Crippen LogP) is 4.04. The number of hydrogen-bond donors (Lipinski definition) is 1. The third kappa shape index (κ3) is 3.65. The van der Waals surface area contributed by atoms with Gasteiger partial charge in [-0.2, -0.15) is 0 Å². The van der Waals surface area contributed by atoms with Gasteiger partial charge in [0.25, 0.3) is 0 Å². The lowest BCUT2D eigenvalue weighted by molar-refractivity contribution is 0.189. The molecule has 1 aliphatic heterocycles. The standard InChI is InChI=1S/C18H24N4S2.ClH/c1-2-13(1)17-14(24-12-21-17)10-22(11-16-20-7-8-23-16)15-9-18(15)3-5-19-6-4-18;/h7-8,12-13,15,19H,1-6,9-11H2;1H. The van der Waals surface area contributed by atoms with Crippen molar-refractivity contribution in [3.8, 4) is 0 Å². The molecule has 25 heavy (non-hydrogen) atoms. The predicted molar refractivity (Wildman–Crippen MR) is 106 cm³/mol. The van der Waals surface area contributed by atoms with Crippen molar-refractivity contribution in [2.24, 2.45) is 5.41 Å². The Hall–Kier alpha value is -0.530. The fourth-order valence-electron chi connectivity index (χ4n) is 4.36. The zero-order chi connectivity index (χ0) is 16.0. The van der Waals surface area contributed by atoms with Gasteiger partial charge in [0.2, 0.25) is 0 Å². The molecule has 0 radical (unpaired) electrons. The number of piperidine rings is 1. The molecule has 136 valence electrons. The second kappa shape index (κ2) is 7.24. The van der Waals surface area contributed by atoms with Crippen LogP contribution in [0.15, 0.2) is 17.1 Å². The van der Waals surface area contributed by atoms with Crippen molar-refractivity contribution in [3.05, 3.63) is 32.7 Å². The van der Waals surface area contributed by atoms with E-state index in [1.54, 1.807) is 11.3 Å². The molecule has 3 fully saturated rings. The number of halogens is 1. The molecule has 5 rings (SSSR count). The molecule has 1 saturated heterocycles. The van der Waals surface area contributed by atoms with E-state index in [4.69, 9.17) is 0 Å². The molecule has 2 aromatic rings. The summed E-state index contributed by atoms with van der Waals surface area (Å²) in [6.45, 7) is 4.44. The first-order chi connectivity index (χ1) is 11.8. The van der Waals surface area contributed by atoms with Gasteiger partial charge in [-0.3, -0.25) is 4.90 Å². The Kier molecular flexibility index (Phi) is 5.17. The normalized spacial score (nSPS) is 24.4. The molecule has 0 bridgehead atoms. The molecule has 3 heterocycles. The topological polar surface area (TPSA) is 41.1 Å². The van der Waals surface area contributed by atoms with Crippen molar-refractivity contribution >= 4 is 35.1 Å². The van der Waals surface area contributed by atoms with Crippen molar-refractivity contribution in [1.29, 1.82) is 0 Å². The first kappa shape index (κ1) is 17.9. The molecule has 7 heteroatoms. The lowest BCUT2D eigenvalue weighted by Crippen LogP contribution is -2.35. The second-order valence-electron chi connectivity index (χ2n) is 7.60. The molecule has 0 aromatic carbocycles. The smallest absolute Gasteiger partial charge is 0.107 e. The summed E-state index contributed by atoms with van der Waals surface area (Å²) in [4.78, 5) is 13.4. The highest BCUT2D eigenvalue weighted by Gasteiger charge is 2.56. The number of aromatic nitrogens is 2. The summed E-state index contributed by atoms with van der Waals surface area (Å²) in [5, 5.41) is 6.88. The minimum Gasteiger partial charge on any atom is -0.317 e. The lowest BCUT2D eigenvalue weighted by Gasteiger charge is -2.29. The number of nitrogens with zero attached hydrogens (tertiary/aromatic N) is 3. The van der Waals surface area contributed by atoms with Gasteiger partial charge in [0.1, 0.15) is 5.01 Å². The Morgan fingerprint density at radius 2 is 2.00 bits per heavy atom. The maximum absolute atomic E-state index is 4.68. The highest BCUT2D eigenvalue weighted by molar-refractivity contribution is 7.10. The van der Waals surface area contributed by atoms with E-state index >= 15 is 0 Å². The van der Waals surface area contributed by atoms with Crippen LogP contribution in [0.4, 0.5) is 0 Å². The Morgan fingerprint density at radius 1 is 1.16 bits per heavy atom. The Bertz CT molecular complexity index is 692. The van der Waals surface area contributed by atoms with Crippen LogP contribution in [0.3, 0.4) is 0 Å². The molecule has 4 nitrogen and oxygen atoms in total. The maximum Gasteiger partial charge on any atom is 0.107 e. The van der Waals surface area contributed by atoms with Gasteiger partial charge in [0, 0.05) is 35.0 Å². The molecule has 0 amide bonds. The monoisotopic (exact) mass is 396 g/mol. The summed E-state index contributed by atoms with van der Waals surface area (Å²) < 4.78 is 0. The van der Waals surface area contributed by atoms with E-state index in [-0.39, 0.29) is 12.4 Å². The number of thiazole rings is 2. The van der Waals surface area contributed by atoms with E-state index in [9.17, 15) is 0 Å². The molecule has 2 aliphatic carbocycles. The summed E-state index contributed by atoms with van der Waals surface area (Å²) in [6.07, 6.45) is 8.66. The second-order valence-corrected chi connectivity index (χ2v) is 9.52. The van der Waals surface area contributed by atoms with Crippen LogP contribution in [-0.4, -0.2) is 34.0 Å². The van der Waals surface area contributed by atoms with Crippen molar-refractivity contribution in [2.75, 3.05) is 13.1 Å². The van der Waals surface area contributed by atoms with Crippen LogP contribution < -0.4 is 5.32 Å². The minimum atomic E-state index is 0. The Labute approximate surface area is 163 Å². The van der Waals surface area contributed by atoms with E-state index in [2.05, 4.69) is 31.1 Å². The molecule has 3 aliphatic rings. The van der Waals surface area contributed by atoms with Gasteiger partial charge >= 0.3 is 0 Å². The van der Waals surface area contributed by atoms with E-state index in [0.717, 1.165) is 25.0 Å². The summed E-state index contributed by atoms with van der Waals surface area (Å²) in [5.41, 5.74) is 4.02. The third-order valence-electron chi connectivity index (χ3n) is 5.99. The summed E-state index contributed by atoms with van der Waals surface area (Å²) in [6, 6.07) is 0.734. The van der Waals surface area contributed by atoms with Crippen molar-refractivity contribution in [2.45, 2.75) is 57.2 Å². The Morgan fingerprint density at radius 3 is 2.72 bits per heavy atom. The lowest BCUT2D eigenvalue weighted by atomic mass is 9.93. The van der Waals surface area contributed by atoms with Crippen LogP contribution in [0.2, 0.25) is 0 Å². The average molecular weight is 397 g/mol. The van der Waals surface area contributed by atoms with Crippen LogP contribution in [0.5, 0.6) is 0 Å². The molecule has 1 atom stereocenters. The SMILES string of the molecule is Cl.c1csc(CN(Cc2scnc2C2CC2)C2CC23CCNCC3)n1. The first-order valence-electron chi connectivity index (χ1n) is 9.09. The third-order valence-corrected chi connectivity index (χ3v) is 7.59. The molecular formula is C18H25ClN4S2. The van der Waals surface area contributed by atoms with Crippen molar-refractivity contribution in [1.82, 2.24) is 20.2 Å². The van der Waals surface area contributed by atoms with E-state index in [1.165, 1.54) is 60.8 Å². The summed E-state index contributed by atoms with van der Waals surface area (Å²) in [7, 11) is 0. The average Bonchev–Trinajstić information content (AvgIpc) is 3.44. The van der Waals surface area contributed by atoms with Gasteiger partial charge < -0.3 is 5.32 Å². The van der Waals surface area contributed by atoms with E-state index in [1.807, 2.05) is 17.5 Å². The molecular weight excluding hydrogens is 372 g/mol. The Balaban J connectivity index is 0.00000157. The quantitative estimate of drug-likeness (QED) is 0.799. The van der Waals surface area contributed by atoms with Gasteiger partial charge in [-0.15, -0.1) is 35.1 Å². The van der Waals surface area contributed by atoms with E-state index < -0.39 is 0 Å². The number of rotatable bonds is 6. The highest BCUT2D eigenvalue weighted by Crippen LogP contribution is 2.56. The van der Waals surface area contributed by atoms with Gasteiger partial charge in [0.15, 0.2) is 0 Å². The van der Waals surface area contributed by atoms with Gasteiger partial charge in [-0.05, 0) is 50.6 Å². The maximum atomic E-state index is 4.68. The largest absolute Gasteiger partial charge is 0.317 e. The zero-order valence-corrected chi connectivity index (χ0v) is 16.8. The number of hydrogen-bond acceptors (Lipinski definition) is 6. The minimum absolute atomic E-state index is 0. The molecule has 2 saturated carbocycles. The molecule has 1 spiro atoms. The zero-order valence-electron chi connectivity index (χ0n) is 14.3. The summed E-state index contributed by atoms with van der Waals surface area (Å²) in [5.74, 6) is 0.750. The van der Waals surface area contributed by atoms with Crippen LogP contribution in [0, 0.1) is 5.41 Å². The first-order valence-corrected chi connectivity index (χ1v) is 10.9. The fraction of sp³-hybridized carbons (Fsp3) is 0.667. The molecule has 1 unspecified atom stereocenters. The summed E-state index contributed by atoms with van der Waals surface area (Å²) >= 11 is 3.65. The number of nitrogens with one attached hydrogen (secondary N) is 1. The van der Waals surface area contributed by atoms with Crippen LogP contribution >= 0.6 is 35.1 Å². The van der Waals surface area contributed by atoms with Gasteiger partial charge in [-0.25, -0.2) is 9.97 Å². The molecule has 1 N–H and O–H groups in total. The fourth-order valence-corrected chi connectivity index (χ4v) is 5.87. The van der Waals surface area contributed by atoms with Gasteiger partial charge in [0.05, 0.1) is 17.7 Å². The van der Waals surface area contributed by atoms with Crippen LogP contribution in [0.25, 0.3) is 0 Å². The van der Waals surface area contributed by atoms with Crippen LogP contribution in [0.1, 0.15) is 53.6 Å². The van der Waals surface area contributed by atoms with Crippen LogP contribution in [-0.2, 0) is 13.1 Å².